The van der Waals surface area contributed by atoms with Crippen molar-refractivity contribution in [1.29, 1.82) is 0 Å². The molecule has 6 nitrogen and oxygen atoms in total. The molecule has 1 amide bonds. The molecule has 1 aliphatic heterocycles. The van der Waals surface area contributed by atoms with Gasteiger partial charge in [-0.05, 0) is 49.8 Å². The summed E-state index contributed by atoms with van der Waals surface area (Å²) in [4.78, 5) is 19.3. The Morgan fingerprint density at radius 1 is 1.21 bits per heavy atom. The van der Waals surface area contributed by atoms with Gasteiger partial charge in [0, 0.05) is 43.0 Å². The van der Waals surface area contributed by atoms with Crippen LogP contribution in [0.1, 0.15) is 48.6 Å². The molecule has 1 aromatic carbocycles. The van der Waals surface area contributed by atoms with Crippen molar-refractivity contribution in [3.05, 3.63) is 46.4 Å². The first kappa shape index (κ1) is 19.5. The minimum atomic E-state index is -3.42. The minimum Gasteiger partial charge on any atom is -0.342 e. The molecule has 0 bridgehead atoms. The second-order valence-corrected chi connectivity index (χ2v) is 10.2. The van der Waals surface area contributed by atoms with Crippen molar-refractivity contribution >= 4 is 27.3 Å². The molecule has 1 unspecified atom stereocenters. The fourth-order valence-electron chi connectivity index (χ4n) is 3.57. The van der Waals surface area contributed by atoms with Gasteiger partial charge in [0.25, 0.3) is 0 Å². The smallest absolute Gasteiger partial charge is 0.240 e. The SMILES string of the molecule is O=C(CCc1ccc(S(=O)(=O)NC2CC2)cc1)N1CCCC(c2nccs2)C1. The summed E-state index contributed by atoms with van der Waals surface area (Å²) in [5.41, 5.74) is 0.979. The van der Waals surface area contributed by atoms with E-state index in [9.17, 15) is 13.2 Å². The highest BCUT2D eigenvalue weighted by Crippen LogP contribution is 2.28. The van der Waals surface area contributed by atoms with E-state index in [1.807, 2.05) is 28.6 Å². The van der Waals surface area contributed by atoms with Crippen LogP contribution in [-0.2, 0) is 21.2 Å². The lowest BCUT2D eigenvalue weighted by Gasteiger charge is -2.32. The summed E-state index contributed by atoms with van der Waals surface area (Å²) in [6.07, 6.45) is 6.81. The molecule has 2 heterocycles. The van der Waals surface area contributed by atoms with Crippen molar-refractivity contribution in [1.82, 2.24) is 14.6 Å². The molecular formula is C20H25N3O3S2. The Labute approximate surface area is 170 Å². The van der Waals surface area contributed by atoms with Gasteiger partial charge < -0.3 is 4.90 Å². The molecule has 28 heavy (non-hydrogen) atoms. The number of sulfonamides is 1. The topological polar surface area (TPSA) is 79.4 Å². The normalized spacial score (nSPS) is 20.3. The number of aryl methyl sites for hydroxylation is 1. The average molecular weight is 420 g/mol. The molecule has 8 heteroatoms. The molecule has 2 aromatic rings. The van der Waals surface area contributed by atoms with Crippen LogP contribution in [0, 0.1) is 0 Å². The van der Waals surface area contributed by atoms with E-state index in [0.29, 0.717) is 18.8 Å². The van der Waals surface area contributed by atoms with Gasteiger partial charge in [0.1, 0.15) is 0 Å². The Bertz CT molecular complexity index is 907. The lowest BCUT2D eigenvalue weighted by Crippen LogP contribution is -2.39. The van der Waals surface area contributed by atoms with Crippen LogP contribution in [0.3, 0.4) is 0 Å². The minimum absolute atomic E-state index is 0.0973. The number of nitrogens with zero attached hydrogens (tertiary/aromatic N) is 2. The van der Waals surface area contributed by atoms with Crippen molar-refractivity contribution in [2.75, 3.05) is 13.1 Å². The van der Waals surface area contributed by atoms with Crippen LogP contribution in [-0.4, -0.2) is 43.3 Å². The quantitative estimate of drug-likeness (QED) is 0.748. The molecule has 1 aliphatic carbocycles. The van der Waals surface area contributed by atoms with Crippen LogP contribution in [0.2, 0.25) is 0 Å². The zero-order chi connectivity index (χ0) is 19.6. The van der Waals surface area contributed by atoms with Crippen LogP contribution < -0.4 is 4.72 Å². The number of likely N-dealkylation sites (tertiary alicyclic amines) is 1. The monoisotopic (exact) mass is 419 g/mol. The maximum atomic E-state index is 12.6. The molecule has 1 aromatic heterocycles. The fraction of sp³-hybridized carbons (Fsp3) is 0.500. The van der Waals surface area contributed by atoms with E-state index in [1.54, 1.807) is 23.5 Å². The second-order valence-electron chi connectivity index (χ2n) is 7.59. The molecule has 1 atom stereocenters. The Morgan fingerprint density at radius 3 is 2.68 bits per heavy atom. The summed E-state index contributed by atoms with van der Waals surface area (Å²) >= 11 is 1.66. The molecule has 0 spiro atoms. The van der Waals surface area contributed by atoms with Crippen LogP contribution in [0.5, 0.6) is 0 Å². The maximum Gasteiger partial charge on any atom is 0.240 e. The third-order valence-corrected chi connectivity index (χ3v) is 7.81. The van der Waals surface area contributed by atoms with E-state index in [4.69, 9.17) is 0 Å². The number of carbonyl (C=O) groups excluding carboxylic acids is 1. The number of carbonyl (C=O) groups is 1. The van der Waals surface area contributed by atoms with Crippen LogP contribution >= 0.6 is 11.3 Å². The van der Waals surface area contributed by atoms with E-state index < -0.39 is 10.0 Å². The molecule has 1 N–H and O–H groups in total. The molecule has 2 aliphatic rings. The number of hydrogen-bond acceptors (Lipinski definition) is 5. The number of rotatable bonds is 7. The highest BCUT2D eigenvalue weighted by Gasteiger charge is 2.28. The van der Waals surface area contributed by atoms with E-state index in [1.165, 1.54) is 0 Å². The number of benzene rings is 1. The summed E-state index contributed by atoms with van der Waals surface area (Å²) in [5, 5.41) is 3.11. The summed E-state index contributed by atoms with van der Waals surface area (Å²) in [6.45, 7) is 1.56. The first-order valence-electron chi connectivity index (χ1n) is 9.80. The number of piperidine rings is 1. The number of nitrogens with one attached hydrogen (secondary N) is 1. The van der Waals surface area contributed by atoms with Gasteiger partial charge >= 0.3 is 0 Å². The van der Waals surface area contributed by atoms with Crippen molar-refractivity contribution in [3.63, 3.8) is 0 Å². The van der Waals surface area contributed by atoms with Gasteiger partial charge in [-0.15, -0.1) is 11.3 Å². The van der Waals surface area contributed by atoms with Crippen molar-refractivity contribution in [2.24, 2.45) is 0 Å². The summed E-state index contributed by atoms with van der Waals surface area (Å²) < 4.78 is 27.1. The summed E-state index contributed by atoms with van der Waals surface area (Å²) in [5.74, 6) is 0.509. The van der Waals surface area contributed by atoms with E-state index >= 15 is 0 Å². The molecular weight excluding hydrogens is 394 g/mol. The number of amides is 1. The van der Waals surface area contributed by atoms with Gasteiger partial charge in [-0.25, -0.2) is 18.1 Å². The standard InChI is InChI=1S/C20H25N3O3S2/c24-19(23-12-1-2-16(14-23)20-21-11-13-27-20)10-5-15-3-8-18(9-4-15)28(25,26)22-17-6-7-17/h3-4,8-9,11,13,16-17,22H,1-2,5-7,10,12,14H2. The van der Waals surface area contributed by atoms with E-state index in [-0.39, 0.29) is 16.8 Å². The molecule has 0 radical (unpaired) electrons. The Morgan fingerprint density at radius 2 is 2.00 bits per heavy atom. The summed E-state index contributed by atoms with van der Waals surface area (Å²) in [6, 6.07) is 6.97. The number of hydrogen-bond donors (Lipinski definition) is 1. The predicted octanol–water partition coefficient (Wildman–Crippen LogP) is 2.92. The van der Waals surface area contributed by atoms with Crippen molar-refractivity contribution < 1.29 is 13.2 Å². The van der Waals surface area contributed by atoms with Gasteiger partial charge in [-0.3, -0.25) is 4.79 Å². The maximum absolute atomic E-state index is 12.6. The molecule has 1 saturated carbocycles. The van der Waals surface area contributed by atoms with Crippen LogP contribution in [0.25, 0.3) is 0 Å². The average Bonchev–Trinajstić information content (AvgIpc) is 3.33. The highest BCUT2D eigenvalue weighted by molar-refractivity contribution is 7.89. The third-order valence-electron chi connectivity index (χ3n) is 5.34. The van der Waals surface area contributed by atoms with Crippen LogP contribution in [0.4, 0.5) is 0 Å². The second kappa shape index (κ2) is 8.31. The van der Waals surface area contributed by atoms with Gasteiger partial charge in [-0.1, -0.05) is 12.1 Å². The zero-order valence-electron chi connectivity index (χ0n) is 15.7. The Balaban J connectivity index is 1.30. The molecule has 4 rings (SSSR count). The van der Waals surface area contributed by atoms with E-state index in [0.717, 1.165) is 49.3 Å². The number of aromatic nitrogens is 1. The number of thiazole rings is 1. The van der Waals surface area contributed by atoms with Gasteiger partial charge in [-0.2, -0.15) is 0 Å². The highest BCUT2D eigenvalue weighted by atomic mass is 32.2. The molecule has 2 fully saturated rings. The Kier molecular flexibility index (Phi) is 5.80. The molecule has 1 saturated heterocycles. The van der Waals surface area contributed by atoms with Crippen LogP contribution in [0.15, 0.2) is 40.7 Å². The fourth-order valence-corrected chi connectivity index (χ4v) is 5.65. The zero-order valence-corrected chi connectivity index (χ0v) is 17.3. The first-order chi connectivity index (χ1) is 13.5. The van der Waals surface area contributed by atoms with Gasteiger partial charge in [0.15, 0.2) is 0 Å². The predicted molar refractivity (Wildman–Crippen MR) is 109 cm³/mol. The first-order valence-corrected chi connectivity index (χ1v) is 12.2. The lowest BCUT2D eigenvalue weighted by atomic mass is 9.98. The Hall–Kier alpha value is -1.77. The lowest BCUT2D eigenvalue weighted by molar-refractivity contribution is -0.132. The van der Waals surface area contributed by atoms with E-state index in [2.05, 4.69) is 9.71 Å². The largest absolute Gasteiger partial charge is 0.342 e. The van der Waals surface area contributed by atoms with Gasteiger partial charge in [0.05, 0.1) is 9.90 Å². The third kappa shape index (κ3) is 4.79. The van der Waals surface area contributed by atoms with Gasteiger partial charge in [0.2, 0.25) is 15.9 Å². The van der Waals surface area contributed by atoms with Crippen molar-refractivity contribution in [3.8, 4) is 0 Å². The molecule has 150 valence electrons. The van der Waals surface area contributed by atoms with Crippen molar-refractivity contribution in [2.45, 2.75) is 55.4 Å². The summed E-state index contributed by atoms with van der Waals surface area (Å²) in [7, 11) is -3.42.